The molecule has 1 fully saturated rings. The van der Waals surface area contributed by atoms with E-state index in [4.69, 9.17) is 15.9 Å². The average molecular weight is 476 g/mol. The Hall–Kier alpha value is -3.99. The lowest BCUT2D eigenvalue weighted by Gasteiger charge is -2.42. The van der Waals surface area contributed by atoms with E-state index in [1.807, 2.05) is 23.0 Å². The minimum atomic E-state index is -0.407. The van der Waals surface area contributed by atoms with Crippen molar-refractivity contribution in [3.05, 3.63) is 54.2 Å². The lowest BCUT2D eigenvalue weighted by atomic mass is 9.90. The molecule has 35 heavy (non-hydrogen) atoms. The third-order valence-electron chi connectivity index (χ3n) is 6.57. The van der Waals surface area contributed by atoms with Crippen LogP contribution in [0.25, 0.3) is 11.1 Å². The van der Waals surface area contributed by atoms with Gasteiger partial charge in [0, 0.05) is 37.7 Å². The average Bonchev–Trinajstić information content (AvgIpc) is 3.45. The second kappa shape index (κ2) is 8.99. The molecule has 0 spiro atoms. The molecule has 0 bridgehead atoms. The highest BCUT2D eigenvalue weighted by Crippen LogP contribution is 2.34. The number of amides is 1. The Morgan fingerprint density at radius 1 is 1.26 bits per heavy atom. The van der Waals surface area contributed by atoms with Gasteiger partial charge < -0.3 is 26.1 Å². The third kappa shape index (κ3) is 4.18. The number of piperidine rings is 1. The number of furan rings is 1. The number of carbonyl (C=O) groups is 1. The zero-order valence-corrected chi connectivity index (χ0v) is 19.9. The summed E-state index contributed by atoms with van der Waals surface area (Å²) < 4.78 is 7.49. The molecule has 182 valence electrons. The fraction of sp³-hybridized carbons (Fsp3) is 0.375. The molecule has 2 unspecified atom stereocenters. The van der Waals surface area contributed by atoms with Crippen LogP contribution in [0.15, 0.2) is 47.5 Å². The van der Waals surface area contributed by atoms with Gasteiger partial charge in [0.1, 0.15) is 11.1 Å². The highest BCUT2D eigenvalue weighted by molar-refractivity contribution is 6.15. The predicted octanol–water partition coefficient (Wildman–Crippen LogP) is 2.80. The zero-order chi connectivity index (χ0) is 24.7. The van der Waals surface area contributed by atoms with E-state index in [-0.39, 0.29) is 35.4 Å². The first-order valence-electron chi connectivity index (χ1n) is 11.6. The van der Waals surface area contributed by atoms with Gasteiger partial charge in [-0.25, -0.2) is 4.68 Å². The summed E-state index contributed by atoms with van der Waals surface area (Å²) in [5.74, 6) is 0.0941. The number of pyridine rings is 2. The molecule has 5 rings (SSSR count). The molecule has 0 aromatic carbocycles. The number of aromatic nitrogens is 5. The van der Waals surface area contributed by atoms with Gasteiger partial charge in [-0.3, -0.25) is 14.8 Å². The van der Waals surface area contributed by atoms with Crippen molar-refractivity contribution < 1.29 is 9.21 Å². The van der Waals surface area contributed by atoms with E-state index in [0.29, 0.717) is 23.3 Å². The van der Waals surface area contributed by atoms with Gasteiger partial charge in [0.25, 0.3) is 5.91 Å². The van der Waals surface area contributed by atoms with E-state index >= 15 is 0 Å². The van der Waals surface area contributed by atoms with Crippen molar-refractivity contribution in [2.24, 2.45) is 11.7 Å². The number of hydrogen-bond acceptors (Lipinski definition) is 9. The molecular formula is C24H29N9O2. The highest BCUT2D eigenvalue weighted by Gasteiger charge is 2.35. The van der Waals surface area contributed by atoms with Gasteiger partial charge in [-0.2, -0.15) is 0 Å². The van der Waals surface area contributed by atoms with Gasteiger partial charge in [0.2, 0.25) is 5.88 Å². The van der Waals surface area contributed by atoms with Crippen LogP contribution in [0.4, 0.5) is 17.3 Å². The third-order valence-corrected chi connectivity index (χ3v) is 6.57. The maximum atomic E-state index is 13.3. The largest absolute Gasteiger partial charge is 0.438 e. The van der Waals surface area contributed by atoms with Crippen LogP contribution in [-0.2, 0) is 0 Å². The highest BCUT2D eigenvalue weighted by atomic mass is 16.3. The molecule has 1 saturated heterocycles. The Kier molecular flexibility index (Phi) is 5.85. The Morgan fingerprint density at radius 3 is 2.80 bits per heavy atom. The van der Waals surface area contributed by atoms with Crippen LogP contribution < -0.4 is 21.7 Å². The van der Waals surface area contributed by atoms with Crippen LogP contribution in [0.3, 0.4) is 0 Å². The molecule has 5 N–H and O–H groups in total. The Bertz CT molecular complexity index is 1340. The molecule has 4 aromatic heterocycles. The second-order valence-electron chi connectivity index (χ2n) is 9.38. The molecular weight excluding hydrogens is 446 g/mol. The van der Waals surface area contributed by atoms with Crippen molar-refractivity contribution >= 4 is 34.3 Å². The van der Waals surface area contributed by atoms with Gasteiger partial charge in [-0.15, -0.1) is 5.10 Å². The summed E-state index contributed by atoms with van der Waals surface area (Å²) in [6.07, 6.45) is 8.56. The molecule has 4 aromatic rings. The van der Waals surface area contributed by atoms with Crippen LogP contribution in [0.1, 0.15) is 48.7 Å². The Balaban J connectivity index is 1.41. The SMILES string of the molecule is CC(C)c1cnc2c(C(=O)Nc3cnccc3N3CC(C)[C@H](n4ccnn4)C(N)C3)c(N)oc2c1. The number of rotatable bonds is 5. The monoisotopic (exact) mass is 475 g/mol. The lowest BCUT2D eigenvalue weighted by Crippen LogP contribution is -2.53. The maximum absolute atomic E-state index is 13.3. The maximum Gasteiger partial charge on any atom is 0.263 e. The summed E-state index contributed by atoms with van der Waals surface area (Å²) in [7, 11) is 0. The number of hydrogen-bond donors (Lipinski definition) is 3. The summed E-state index contributed by atoms with van der Waals surface area (Å²) in [5, 5.41) is 11.0. The molecule has 5 heterocycles. The van der Waals surface area contributed by atoms with Crippen molar-refractivity contribution in [3.8, 4) is 0 Å². The van der Waals surface area contributed by atoms with E-state index in [9.17, 15) is 4.79 Å². The number of nitrogens with zero attached hydrogens (tertiary/aromatic N) is 6. The van der Waals surface area contributed by atoms with E-state index in [1.54, 1.807) is 24.8 Å². The van der Waals surface area contributed by atoms with Crippen molar-refractivity contribution in [3.63, 3.8) is 0 Å². The lowest BCUT2D eigenvalue weighted by molar-refractivity contribution is 0.102. The number of nitrogen functional groups attached to an aromatic ring is 1. The second-order valence-corrected chi connectivity index (χ2v) is 9.38. The van der Waals surface area contributed by atoms with E-state index < -0.39 is 5.91 Å². The topological polar surface area (TPSA) is 154 Å². The minimum Gasteiger partial charge on any atom is -0.438 e. The Labute approximate surface area is 202 Å². The fourth-order valence-electron chi connectivity index (χ4n) is 4.84. The molecule has 3 atom stereocenters. The molecule has 1 aliphatic heterocycles. The molecule has 0 aliphatic carbocycles. The summed E-state index contributed by atoms with van der Waals surface area (Å²) in [6.45, 7) is 7.56. The quantitative estimate of drug-likeness (QED) is 0.395. The van der Waals surface area contributed by atoms with E-state index in [0.717, 1.165) is 17.8 Å². The van der Waals surface area contributed by atoms with E-state index in [1.165, 1.54) is 0 Å². The van der Waals surface area contributed by atoms with Gasteiger partial charge in [-0.1, -0.05) is 26.0 Å². The summed E-state index contributed by atoms with van der Waals surface area (Å²) in [5.41, 5.74) is 16.2. The van der Waals surface area contributed by atoms with Gasteiger partial charge >= 0.3 is 0 Å². The summed E-state index contributed by atoms with van der Waals surface area (Å²) in [4.78, 5) is 24.2. The molecule has 0 radical (unpaired) electrons. The number of carbonyl (C=O) groups excluding carboxylic acids is 1. The zero-order valence-electron chi connectivity index (χ0n) is 19.9. The predicted molar refractivity (Wildman–Crippen MR) is 133 cm³/mol. The smallest absolute Gasteiger partial charge is 0.263 e. The molecule has 11 heteroatoms. The minimum absolute atomic E-state index is 0.0284. The van der Waals surface area contributed by atoms with Crippen molar-refractivity contribution in [2.75, 3.05) is 29.0 Å². The van der Waals surface area contributed by atoms with Crippen LogP contribution in [-0.4, -0.2) is 50.0 Å². The van der Waals surface area contributed by atoms with Gasteiger partial charge in [-0.05, 0) is 29.5 Å². The summed E-state index contributed by atoms with van der Waals surface area (Å²) >= 11 is 0. The van der Waals surface area contributed by atoms with E-state index in [2.05, 4.69) is 51.3 Å². The number of fused-ring (bicyclic) bond motifs is 1. The molecule has 1 aliphatic rings. The number of anilines is 3. The molecule has 0 saturated carbocycles. The van der Waals surface area contributed by atoms with Crippen LogP contribution >= 0.6 is 0 Å². The van der Waals surface area contributed by atoms with Crippen LogP contribution in [0.2, 0.25) is 0 Å². The molecule has 11 nitrogen and oxygen atoms in total. The summed E-state index contributed by atoms with van der Waals surface area (Å²) in [6, 6.07) is 3.60. The first-order valence-corrected chi connectivity index (χ1v) is 11.6. The molecule has 1 amide bonds. The van der Waals surface area contributed by atoms with Crippen molar-refractivity contribution in [1.29, 1.82) is 0 Å². The first-order chi connectivity index (χ1) is 16.8. The van der Waals surface area contributed by atoms with Gasteiger partial charge in [0.05, 0.1) is 29.8 Å². The first kappa shape index (κ1) is 22.8. The Morgan fingerprint density at radius 2 is 2.09 bits per heavy atom. The fourth-order valence-corrected chi connectivity index (χ4v) is 4.84. The standard InChI is InChI=1S/C24H29N9O2/c1-13(2)15-8-19-21(28-9-15)20(23(26)35-19)24(34)30-17-10-27-5-4-18(17)32-11-14(3)22(16(25)12-32)33-7-6-29-31-33/h4-10,13-14,16,22H,11-12,25-26H2,1-3H3,(H,30,34)/t14?,16?,22-/m0/s1. The number of nitrogens with two attached hydrogens (primary N) is 2. The van der Waals surface area contributed by atoms with Gasteiger partial charge in [0.15, 0.2) is 5.58 Å². The van der Waals surface area contributed by atoms with Crippen LogP contribution in [0.5, 0.6) is 0 Å². The van der Waals surface area contributed by atoms with Crippen molar-refractivity contribution in [1.82, 2.24) is 25.0 Å². The van der Waals surface area contributed by atoms with Crippen LogP contribution in [0, 0.1) is 5.92 Å². The normalized spacial score (nSPS) is 20.5. The number of nitrogens with one attached hydrogen (secondary N) is 1. The van der Waals surface area contributed by atoms with Crippen molar-refractivity contribution in [2.45, 2.75) is 38.8 Å².